The van der Waals surface area contributed by atoms with Crippen molar-refractivity contribution in [3.8, 4) is 16.9 Å². The summed E-state index contributed by atoms with van der Waals surface area (Å²) in [5.74, 6) is -0.0929. The van der Waals surface area contributed by atoms with Gasteiger partial charge in [-0.2, -0.15) is 0 Å². The zero-order valence-electron chi connectivity index (χ0n) is 25.7. The Kier molecular flexibility index (Phi) is 8.59. The van der Waals surface area contributed by atoms with Gasteiger partial charge in [0.05, 0.1) is 23.5 Å². The van der Waals surface area contributed by atoms with E-state index in [1.54, 1.807) is 24.4 Å². The number of aromatic nitrogens is 3. The maximum Gasteiger partial charge on any atom is 0.291 e. The largest absolute Gasteiger partial charge is 0.494 e. The van der Waals surface area contributed by atoms with Gasteiger partial charge in [-0.1, -0.05) is 35.9 Å². The maximum atomic E-state index is 13.3. The van der Waals surface area contributed by atoms with E-state index in [2.05, 4.69) is 25.5 Å². The fourth-order valence-corrected chi connectivity index (χ4v) is 6.19. The molecule has 2 aliphatic rings. The van der Waals surface area contributed by atoms with E-state index in [9.17, 15) is 14.0 Å². The number of alkyl halides is 1. The van der Waals surface area contributed by atoms with Gasteiger partial charge in [-0.05, 0) is 48.9 Å². The van der Waals surface area contributed by atoms with Crippen molar-refractivity contribution in [3.63, 3.8) is 0 Å². The minimum absolute atomic E-state index is 0.142. The number of nitrogens with one attached hydrogen (secondary N) is 2. The molecule has 0 saturated carbocycles. The van der Waals surface area contributed by atoms with Crippen molar-refractivity contribution in [3.05, 3.63) is 87.7 Å². The van der Waals surface area contributed by atoms with Crippen molar-refractivity contribution in [1.29, 1.82) is 0 Å². The van der Waals surface area contributed by atoms with Gasteiger partial charge < -0.3 is 24.8 Å². The Morgan fingerprint density at radius 1 is 1.07 bits per heavy atom. The van der Waals surface area contributed by atoms with E-state index in [4.69, 9.17) is 16.3 Å². The highest BCUT2D eigenvalue weighted by Crippen LogP contribution is 2.38. The molecule has 2 aromatic heterocycles. The fourth-order valence-electron chi connectivity index (χ4n) is 5.91. The first-order chi connectivity index (χ1) is 21.6. The summed E-state index contributed by atoms with van der Waals surface area (Å²) < 4.78 is 20.5. The number of carbonyl (C=O) groups is 2. The number of fused-ring (bicyclic) bond motifs is 1. The molecule has 0 atom stereocenters. The van der Waals surface area contributed by atoms with Gasteiger partial charge in [0, 0.05) is 69.3 Å². The lowest BCUT2D eigenvalue weighted by Crippen LogP contribution is -2.47. The van der Waals surface area contributed by atoms with E-state index < -0.39 is 12.1 Å². The Bertz CT molecular complexity index is 1790. The number of amides is 2. The van der Waals surface area contributed by atoms with Crippen LogP contribution in [0.25, 0.3) is 11.1 Å². The molecule has 0 spiro atoms. The first-order valence-electron chi connectivity index (χ1n) is 14.8. The van der Waals surface area contributed by atoms with Gasteiger partial charge in [-0.3, -0.25) is 14.5 Å². The lowest BCUT2D eigenvalue weighted by Gasteiger charge is -2.34. The number of likely N-dealkylation sites (N-methyl/N-ethyl adjacent to an activating group) is 1. The third kappa shape index (κ3) is 6.15. The second-order valence-electron chi connectivity index (χ2n) is 11.6. The number of halogens is 2. The van der Waals surface area contributed by atoms with E-state index in [-0.39, 0.29) is 11.6 Å². The molecule has 2 amide bonds. The van der Waals surface area contributed by atoms with Crippen LogP contribution in [0.15, 0.2) is 48.7 Å². The molecular weight excluding hydrogens is 597 g/mol. The van der Waals surface area contributed by atoms with E-state index in [0.29, 0.717) is 59.7 Å². The number of carbonyl (C=O) groups excluding carboxylic acids is 2. The standard InChI is InChI=1S/C33H35ClFN7O3/c1-19-22(7-5-9-24(19)38-32(43)30-28(45-4)13-20(14-36-30)15-42-16-21(35)17-42)23-8-6-10-25(29(23)34)39-33(44)31-37-26-18-40(2)12-11-27(26)41(31)3/h5-10,13-14,21H,11-12,15-18H2,1-4H3,(H,38,43)(H,39,44). The van der Waals surface area contributed by atoms with E-state index in [1.807, 2.05) is 54.8 Å². The second-order valence-corrected chi connectivity index (χ2v) is 12.0. The van der Waals surface area contributed by atoms with Crippen LogP contribution < -0.4 is 15.4 Å². The van der Waals surface area contributed by atoms with Gasteiger partial charge in [0.1, 0.15) is 6.17 Å². The number of likely N-dealkylation sites (tertiary alicyclic amines) is 1. The number of hydrogen-bond acceptors (Lipinski definition) is 7. The monoisotopic (exact) mass is 631 g/mol. The van der Waals surface area contributed by atoms with Crippen molar-refractivity contribution in [1.82, 2.24) is 24.3 Å². The number of methoxy groups -OCH3 is 1. The number of benzene rings is 2. The van der Waals surface area contributed by atoms with Crippen LogP contribution in [0.3, 0.4) is 0 Å². The summed E-state index contributed by atoms with van der Waals surface area (Å²) >= 11 is 6.89. The molecule has 234 valence electrons. The van der Waals surface area contributed by atoms with Crippen LogP contribution in [0.5, 0.6) is 5.75 Å². The van der Waals surface area contributed by atoms with Gasteiger partial charge in [0.15, 0.2) is 17.3 Å². The molecule has 4 aromatic rings. The third-order valence-electron chi connectivity index (χ3n) is 8.43. The fraction of sp³-hybridized carbons (Fsp3) is 0.333. The Labute approximate surface area is 266 Å². The van der Waals surface area contributed by atoms with Crippen molar-refractivity contribution >= 4 is 34.8 Å². The SMILES string of the molecule is COc1cc(CN2CC(F)C2)cnc1C(=O)Nc1cccc(-c2cccc(NC(=O)c3nc4c(n3C)CCN(C)C4)c2Cl)c1C. The highest BCUT2D eigenvalue weighted by Gasteiger charge is 2.27. The molecule has 4 heterocycles. The van der Waals surface area contributed by atoms with Crippen LogP contribution in [0.1, 0.15) is 43.6 Å². The molecule has 0 aliphatic carbocycles. The number of ether oxygens (including phenoxy) is 1. The maximum absolute atomic E-state index is 13.3. The Hall–Kier alpha value is -4.32. The minimum atomic E-state index is -0.792. The molecule has 45 heavy (non-hydrogen) atoms. The molecular formula is C33H35ClFN7O3. The molecule has 0 bridgehead atoms. The highest BCUT2D eigenvalue weighted by molar-refractivity contribution is 6.36. The zero-order chi connectivity index (χ0) is 31.8. The van der Waals surface area contributed by atoms with Crippen molar-refractivity contribution in [2.24, 2.45) is 7.05 Å². The molecule has 12 heteroatoms. The molecule has 1 fully saturated rings. The number of anilines is 2. The van der Waals surface area contributed by atoms with E-state index >= 15 is 0 Å². The Balaban J connectivity index is 1.21. The zero-order valence-corrected chi connectivity index (χ0v) is 26.4. The first kappa shape index (κ1) is 30.7. The summed E-state index contributed by atoms with van der Waals surface area (Å²) in [5, 5.41) is 6.27. The molecule has 6 rings (SSSR count). The van der Waals surface area contributed by atoms with Crippen LogP contribution in [0.4, 0.5) is 15.8 Å². The molecule has 1 saturated heterocycles. The van der Waals surface area contributed by atoms with Gasteiger partial charge in [0.25, 0.3) is 11.8 Å². The van der Waals surface area contributed by atoms with Gasteiger partial charge >= 0.3 is 0 Å². The predicted molar refractivity (Wildman–Crippen MR) is 172 cm³/mol. The Morgan fingerprint density at radius 3 is 2.51 bits per heavy atom. The molecule has 0 unspecified atom stereocenters. The van der Waals surface area contributed by atoms with Crippen LogP contribution >= 0.6 is 11.6 Å². The summed E-state index contributed by atoms with van der Waals surface area (Å²) in [6, 6.07) is 12.7. The smallest absolute Gasteiger partial charge is 0.291 e. The van der Waals surface area contributed by atoms with Crippen LogP contribution in [-0.2, 0) is 26.6 Å². The van der Waals surface area contributed by atoms with Crippen LogP contribution in [0, 0.1) is 6.92 Å². The van der Waals surface area contributed by atoms with E-state index in [1.165, 1.54) is 7.11 Å². The van der Waals surface area contributed by atoms with Crippen molar-refractivity contribution in [2.45, 2.75) is 32.6 Å². The number of hydrogen-bond donors (Lipinski definition) is 2. The summed E-state index contributed by atoms with van der Waals surface area (Å²) in [6.45, 7) is 4.83. The third-order valence-corrected chi connectivity index (χ3v) is 8.84. The van der Waals surface area contributed by atoms with Gasteiger partial charge in [-0.25, -0.2) is 14.4 Å². The van der Waals surface area contributed by atoms with Gasteiger partial charge in [0.2, 0.25) is 0 Å². The molecule has 0 radical (unpaired) electrons. The lowest BCUT2D eigenvalue weighted by atomic mass is 9.98. The number of nitrogens with zero attached hydrogens (tertiary/aromatic N) is 5. The summed E-state index contributed by atoms with van der Waals surface area (Å²) in [7, 11) is 5.39. The highest BCUT2D eigenvalue weighted by atomic mass is 35.5. The molecule has 2 N–H and O–H groups in total. The average Bonchev–Trinajstić information content (AvgIpc) is 3.33. The quantitative estimate of drug-likeness (QED) is 0.279. The lowest BCUT2D eigenvalue weighted by molar-refractivity contribution is 0.0590. The van der Waals surface area contributed by atoms with Crippen LogP contribution in [0.2, 0.25) is 5.02 Å². The number of pyridine rings is 1. The van der Waals surface area contributed by atoms with Crippen molar-refractivity contribution < 1.29 is 18.7 Å². The van der Waals surface area contributed by atoms with Crippen LogP contribution in [-0.4, -0.2) is 76.1 Å². The summed E-state index contributed by atoms with van der Waals surface area (Å²) in [6.07, 6.45) is 1.66. The summed E-state index contributed by atoms with van der Waals surface area (Å²) in [5.41, 5.74) is 6.27. The minimum Gasteiger partial charge on any atom is -0.494 e. The molecule has 2 aliphatic heterocycles. The van der Waals surface area contributed by atoms with E-state index in [0.717, 1.165) is 41.0 Å². The topological polar surface area (TPSA) is 105 Å². The molecule has 2 aromatic carbocycles. The van der Waals surface area contributed by atoms with Crippen molar-refractivity contribution in [2.75, 3.05) is 44.4 Å². The average molecular weight is 632 g/mol. The predicted octanol–water partition coefficient (Wildman–Crippen LogP) is 5.10. The summed E-state index contributed by atoms with van der Waals surface area (Å²) in [4.78, 5) is 39.8. The molecule has 10 nitrogen and oxygen atoms in total. The van der Waals surface area contributed by atoms with Gasteiger partial charge in [-0.15, -0.1) is 0 Å². The first-order valence-corrected chi connectivity index (χ1v) is 15.1. The normalized spacial score (nSPS) is 15.3. The number of rotatable bonds is 8. The number of imidazole rings is 1. The second kappa shape index (κ2) is 12.6. The Morgan fingerprint density at radius 2 is 1.78 bits per heavy atom.